The number of unbranched alkanes of at least 4 members (excludes halogenated alkanes) is 3. The van der Waals surface area contributed by atoms with E-state index in [1.807, 2.05) is 0 Å². The second-order valence-corrected chi connectivity index (χ2v) is 9.26. The summed E-state index contributed by atoms with van der Waals surface area (Å²) in [6.45, 7) is 7.28. The number of benzene rings is 1. The van der Waals surface area contributed by atoms with Crippen molar-refractivity contribution >= 4 is 22.6 Å². The second-order valence-electron chi connectivity index (χ2n) is 9.26. The van der Waals surface area contributed by atoms with Gasteiger partial charge < -0.3 is 34.2 Å². The van der Waals surface area contributed by atoms with E-state index in [0.29, 0.717) is 28.7 Å². The van der Waals surface area contributed by atoms with Gasteiger partial charge in [-0.15, -0.1) is 0 Å². The Balaban J connectivity index is 1.79. The third-order valence-electron chi connectivity index (χ3n) is 6.17. The fourth-order valence-corrected chi connectivity index (χ4v) is 4.28. The van der Waals surface area contributed by atoms with Crippen LogP contribution in [0.25, 0.3) is 11.0 Å². The van der Waals surface area contributed by atoms with Crippen LogP contribution in [0.4, 0.5) is 5.69 Å². The molecule has 9 heteroatoms. The predicted molar refractivity (Wildman–Crippen MR) is 127 cm³/mol. The Kier molecular flexibility index (Phi) is 8.35. The summed E-state index contributed by atoms with van der Waals surface area (Å²) in [6, 6.07) is 4.92. The molecule has 0 aliphatic carbocycles. The zero-order valence-electron chi connectivity index (χ0n) is 20.4. The number of amides is 1. The lowest BCUT2D eigenvalue weighted by Crippen LogP contribution is -2.63. The van der Waals surface area contributed by atoms with Gasteiger partial charge in [0.1, 0.15) is 35.3 Å². The summed E-state index contributed by atoms with van der Waals surface area (Å²) in [5.74, 6) is 0.102. The topological polar surface area (TPSA) is 127 Å². The Morgan fingerprint density at radius 3 is 2.59 bits per heavy atom. The molecule has 1 saturated heterocycles. The Morgan fingerprint density at radius 2 is 1.91 bits per heavy atom. The Morgan fingerprint density at radius 1 is 1.18 bits per heavy atom. The zero-order chi connectivity index (χ0) is 25.0. The summed E-state index contributed by atoms with van der Waals surface area (Å²) in [6.07, 6.45) is -0.231. The number of anilines is 1. The van der Waals surface area contributed by atoms with E-state index in [1.165, 1.54) is 7.11 Å². The molecule has 3 N–H and O–H groups in total. The van der Waals surface area contributed by atoms with Crippen molar-refractivity contribution in [3.8, 4) is 5.75 Å². The molecule has 34 heavy (non-hydrogen) atoms. The molecule has 4 atom stereocenters. The molecule has 1 aliphatic heterocycles. The summed E-state index contributed by atoms with van der Waals surface area (Å²) in [5, 5.41) is 24.2. The highest BCUT2D eigenvalue weighted by Gasteiger charge is 2.50. The van der Waals surface area contributed by atoms with E-state index in [1.54, 1.807) is 39.0 Å². The molecule has 0 bridgehead atoms. The monoisotopic (exact) mass is 477 g/mol. The molecule has 0 radical (unpaired) electrons. The van der Waals surface area contributed by atoms with Crippen LogP contribution in [0.3, 0.4) is 0 Å². The molecule has 2 aromatic rings. The Labute approximate surface area is 199 Å². The SMILES string of the molecule is CCCCCCC(=O)Nc1cc2ccc(O[C@@H]3OC(C)(C)[C@H](OC)[C@@H](O)[C@H]3O)c(C)c2oc1=O. The minimum Gasteiger partial charge on any atom is -0.462 e. The lowest BCUT2D eigenvalue weighted by molar-refractivity contribution is -0.306. The van der Waals surface area contributed by atoms with E-state index in [2.05, 4.69) is 12.2 Å². The van der Waals surface area contributed by atoms with Crippen molar-refractivity contribution in [2.24, 2.45) is 0 Å². The minimum absolute atomic E-state index is 0.0857. The lowest BCUT2D eigenvalue weighted by Gasteiger charge is -2.46. The highest BCUT2D eigenvalue weighted by molar-refractivity contribution is 5.93. The maximum absolute atomic E-state index is 12.5. The van der Waals surface area contributed by atoms with E-state index in [4.69, 9.17) is 18.6 Å². The number of fused-ring (bicyclic) bond motifs is 1. The lowest BCUT2D eigenvalue weighted by atomic mass is 9.89. The van der Waals surface area contributed by atoms with Crippen LogP contribution in [0.2, 0.25) is 0 Å². The average Bonchev–Trinajstić information content (AvgIpc) is 2.78. The van der Waals surface area contributed by atoms with Gasteiger partial charge in [-0.05, 0) is 45.4 Å². The van der Waals surface area contributed by atoms with Gasteiger partial charge in [0, 0.05) is 24.5 Å². The summed E-state index contributed by atoms with van der Waals surface area (Å²) < 4.78 is 22.5. The van der Waals surface area contributed by atoms with E-state index >= 15 is 0 Å². The number of hydrogen-bond acceptors (Lipinski definition) is 8. The number of carbonyl (C=O) groups is 1. The van der Waals surface area contributed by atoms with Crippen molar-refractivity contribution in [2.45, 2.75) is 90.0 Å². The molecule has 9 nitrogen and oxygen atoms in total. The van der Waals surface area contributed by atoms with Crippen LogP contribution >= 0.6 is 0 Å². The summed E-state index contributed by atoms with van der Waals surface area (Å²) in [5.41, 5.74) is -0.683. The minimum atomic E-state index is -1.35. The fourth-order valence-electron chi connectivity index (χ4n) is 4.28. The van der Waals surface area contributed by atoms with Gasteiger partial charge in [-0.1, -0.05) is 26.2 Å². The smallest absolute Gasteiger partial charge is 0.360 e. The van der Waals surface area contributed by atoms with Crippen molar-refractivity contribution in [2.75, 3.05) is 12.4 Å². The first-order chi connectivity index (χ1) is 16.1. The van der Waals surface area contributed by atoms with Gasteiger partial charge in [-0.3, -0.25) is 4.79 Å². The number of hydrogen-bond donors (Lipinski definition) is 3. The van der Waals surface area contributed by atoms with Gasteiger partial charge in [0.15, 0.2) is 0 Å². The zero-order valence-corrected chi connectivity index (χ0v) is 20.4. The molecule has 3 rings (SSSR count). The molecule has 188 valence electrons. The number of aliphatic hydroxyl groups is 2. The molecule has 2 heterocycles. The molecular formula is C25H35NO8. The number of carbonyl (C=O) groups excluding carboxylic acids is 1. The molecule has 0 spiro atoms. The first-order valence-electron chi connectivity index (χ1n) is 11.7. The van der Waals surface area contributed by atoms with E-state index < -0.39 is 35.8 Å². The summed E-state index contributed by atoms with van der Waals surface area (Å²) >= 11 is 0. The average molecular weight is 478 g/mol. The normalized spacial score (nSPS) is 24.2. The molecule has 1 aromatic carbocycles. The number of nitrogens with one attached hydrogen (secondary N) is 1. The molecule has 0 saturated carbocycles. The number of aryl methyl sites for hydroxylation is 1. The summed E-state index contributed by atoms with van der Waals surface area (Å²) in [4.78, 5) is 24.7. The van der Waals surface area contributed by atoms with Crippen LogP contribution in [-0.2, 0) is 14.3 Å². The maximum Gasteiger partial charge on any atom is 0.360 e. The van der Waals surface area contributed by atoms with E-state index in [-0.39, 0.29) is 11.6 Å². The summed E-state index contributed by atoms with van der Waals surface area (Å²) in [7, 11) is 1.44. The van der Waals surface area contributed by atoms with Gasteiger partial charge in [-0.2, -0.15) is 0 Å². The van der Waals surface area contributed by atoms with Crippen LogP contribution in [0, 0.1) is 6.92 Å². The van der Waals surface area contributed by atoms with Gasteiger partial charge in [-0.25, -0.2) is 4.79 Å². The van der Waals surface area contributed by atoms with E-state index in [0.717, 1.165) is 25.7 Å². The number of aliphatic hydroxyl groups excluding tert-OH is 2. The highest BCUT2D eigenvalue weighted by atomic mass is 16.7. The third kappa shape index (κ3) is 5.60. The van der Waals surface area contributed by atoms with Crippen LogP contribution in [-0.4, -0.2) is 53.4 Å². The molecule has 1 amide bonds. The largest absolute Gasteiger partial charge is 0.462 e. The van der Waals surface area contributed by atoms with Crippen LogP contribution in [0.5, 0.6) is 5.75 Å². The maximum atomic E-state index is 12.5. The van der Waals surface area contributed by atoms with Crippen molar-refractivity contribution in [3.05, 3.63) is 34.2 Å². The highest BCUT2D eigenvalue weighted by Crippen LogP contribution is 2.35. The van der Waals surface area contributed by atoms with Crippen molar-refractivity contribution in [1.29, 1.82) is 0 Å². The van der Waals surface area contributed by atoms with Crippen molar-refractivity contribution in [1.82, 2.24) is 0 Å². The van der Waals surface area contributed by atoms with Crippen LogP contribution in [0.15, 0.2) is 27.4 Å². The van der Waals surface area contributed by atoms with Crippen molar-refractivity contribution in [3.63, 3.8) is 0 Å². The molecule has 1 fully saturated rings. The second kappa shape index (κ2) is 10.9. The van der Waals surface area contributed by atoms with Crippen LogP contribution < -0.4 is 15.7 Å². The molecule has 1 aromatic heterocycles. The molecule has 1 aliphatic rings. The van der Waals surface area contributed by atoms with Crippen molar-refractivity contribution < 1.29 is 33.6 Å². The fraction of sp³-hybridized carbons (Fsp3) is 0.600. The van der Waals surface area contributed by atoms with Gasteiger partial charge in [0.05, 0.1) is 5.60 Å². The van der Waals surface area contributed by atoms with Gasteiger partial charge >= 0.3 is 5.63 Å². The number of rotatable bonds is 9. The third-order valence-corrected chi connectivity index (χ3v) is 6.17. The van der Waals surface area contributed by atoms with Gasteiger partial charge in [0.25, 0.3) is 0 Å². The Bertz CT molecular complexity index is 1060. The molecule has 0 unspecified atom stereocenters. The van der Waals surface area contributed by atoms with E-state index in [9.17, 15) is 19.8 Å². The Hall–Kier alpha value is -2.46. The molecular weight excluding hydrogens is 442 g/mol. The predicted octanol–water partition coefficient (Wildman–Crippen LogP) is 3.26. The number of ether oxygens (including phenoxy) is 3. The van der Waals surface area contributed by atoms with Gasteiger partial charge in [0.2, 0.25) is 12.2 Å². The van der Waals surface area contributed by atoms with Crippen LogP contribution in [0.1, 0.15) is 58.4 Å². The first kappa shape index (κ1) is 26.2. The number of methoxy groups -OCH3 is 1. The first-order valence-corrected chi connectivity index (χ1v) is 11.7. The quantitative estimate of drug-likeness (QED) is 0.371. The standard InChI is InChI=1S/C25H35NO8/c1-6-7-8-9-10-18(27)26-16-13-15-11-12-17(14(2)21(15)33-23(16)30)32-24-20(29)19(28)22(31-5)25(3,4)34-24/h11-13,19-20,22,24,28-29H,6-10H2,1-5H3,(H,26,27)/t19-,20+,22+,24+/m0/s1.